The number of halogens is 1. The van der Waals surface area contributed by atoms with Crippen LogP contribution in [0.5, 0.6) is 0 Å². The van der Waals surface area contributed by atoms with Crippen LogP contribution in [-0.4, -0.2) is 28.3 Å². The van der Waals surface area contributed by atoms with Crippen LogP contribution in [0.15, 0.2) is 67.0 Å². The molecule has 0 aliphatic heterocycles. The first-order valence-corrected chi connectivity index (χ1v) is 12.1. The minimum atomic E-state index is -0.633. The first-order chi connectivity index (χ1) is 16.7. The highest BCUT2D eigenvalue weighted by Gasteiger charge is 2.27. The van der Waals surface area contributed by atoms with Crippen molar-refractivity contribution in [2.24, 2.45) is 0 Å². The molecule has 0 saturated carbocycles. The molecule has 0 bridgehead atoms. The molecule has 1 unspecified atom stereocenters. The molecule has 182 valence electrons. The first-order valence-electron chi connectivity index (χ1n) is 11.7. The van der Waals surface area contributed by atoms with Crippen LogP contribution in [-0.2, 0) is 22.4 Å². The van der Waals surface area contributed by atoms with Gasteiger partial charge >= 0.3 is 6.09 Å². The highest BCUT2D eigenvalue weighted by Crippen LogP contribution is 2.38. The summed E-state index contributed by atoms with van der Waals surface area (Å²) in [7, 11) is 0. The number of carbonyl (C=O) groups is 1. The molecule has 7 heteroatoms. The molecule has 0 fully saturated rings. The topological polar surface area (TPSA) is 64.5 Å². The molecule has 6 nitrogen and oxygen atoms in total. The smallest absolute Gasteiger partial charge is 0.416 e. The van der Waals surface area contributed by atoms with Gasteiger partial charge in [-0.3, -0.25) is 9.88 Å². The molecule has 2 aromatic heterocycles. The van der Waals surface area contributed by atoms with Gasteiger partial charge in [-0.1, -0.05) is 41.9 Å². The van der Waals surface area contributed by atoms with Gasteiger partial charge in [0.15, 0.2) is 0 Å². The van der Waals surface area contributed by atoms with Crippen LogP contribution in [0, 0.1) is 0 Å². The number of hydrogen-bond donors (Lipinski definition) is 0. The van der Waals surface area contributed by atoms with E-state index in [1.165, 1.54) is 4.90 Å². The second-order valence-corrected chi connectivity index (χ2v) is 9.78. The number of aromatic nitrogens is 2. The van der Waals surface area contributed by atoms with Crippen molar-refractivity contribution in [3.05, 3.63) is 94.4 Å². The summed E-state index contributed by atoms with van der Waals surface area (Å²) >= 11 is 6.04. The normalized spacial score (nSPS) is 13.7. The predicted octanol–water partition coefficient (Wildman–Crippen LogP) is 6.79. The number of nitrogens with zero attached hydrogens (tertiary/aromatic N) is 3. The van der Waals surface area contributed by atoms with Crippen LogP contribution < -0.4 is 4.90 Å². The molecule has 1 aliphatic rings. The zero-order valence-electron chi connectivity index (χ0n) is 20.5. The Morgan fingerprint density at radius 3 is 2.54 bits per heavy atom. The van der Waals surface area contributed by atoms with E-state index in [-0.39, 0.29) is 6.10 Å². The maximum absolute atomic E-state index is 13.1. The molecule has 0 spiro atoms. The predicted molar refractivity (Wildman–Crippen MR) is 138 cm³/mol. The lowest BCUT2D eigenvalue weighted by molar-refractivity contribution is 0.0576. The zero-order valence-corrected chi connectivity index (χ0v) is 21.2. The van der Waals surface area contributed by atoms with Gasteiger partial charge in [-0.2, -0.15) is 0 Å². The zero-order chi connectivity index (χ0) is 25.0. The summed E-state index contributed by atoms with van der Waals surface area (Å²) in [5.41, 5.74) is 4.44. The van der Waals surface area contributed by atoms with Gasteiger partial charge in [-0.05, 0) is 63.1 Å². The lowest BCUT2D eigenvalue weighted by Crippen LogP contribution is -2.37. The summed E-state index contributed by atoms with van der Waals surface area (Å²) in [6.45, 7) is 8.37. The van der Waals surface area contributed by atoms with Crippen molar-refractivity contribution < 1.29 is 14.3 Å². The first kappa shape index (κ1) is 24.9. The minimum absolute atomic E-state index is 0.266. The Balaban J connectivity index is 1.62. The van der Waals surface area contributed by atoms with Crippen molar-refractivity contribution in [1.82, 2.24) is 9.97 Å². The summed E-state index contributed by atoms with van der Waals surface area (Å²) < 4.78 is 11.8. The number of allylic oxidation sites excluding steroid dienone is 1. The van der Waals surface area contributed by atoms with Gasteiger partial charge in [0, 0.05) is 41.6 Å². The number of ether oxygens (including phenoxy) is 2. The fraction of sp³-hybridized carbons (Fsp3) is 0.321. The Kier molecular flexibility index (Phi) is 7.53. The van der Waals surface area contributed by atoms with Gasteiger partial charge in [0.2, 0.25) is 0 Å². The second-order valence-electron chi connectivity index (χ2n) is 9.34. The maximum Gasteiger partial charge on any atom is 0.416 e. The summed E-state index contributed by atoms with van der Waals surface area (Å²) in [6.07, 6.45) is 5.80. The SMILES string of the molecule is CCOC(C1=CCc2ncccc21)c1ccc(N(Cc2ccc(Cl)cc2)C(=O)OC(C)(C)C)nc1. The molecule has 1 aromatic carbocycles. The molecule has 1 atom stereocenters. The van der Waals surface area contributed by atoms with Crippen molar-refractivity contribution >= 4 is 29.1 Å². The Morgan fingerprint density at radius 1 is 1.11 bits per heavy atom. The lowest BCUT2D eigenvalue weighted by atomic mass is 9.98. The monoisotopic (exact) mass is 491 g/mol. The van der Waals surface area contributed by atoms with E-state index in [1.807, 2.05) is 64.2 Å². The summed E-state index contributed by atoms with van der Waals surface area (Å²) in [6, 6.07) is 15.2. The van der Waals surface area contributed by atoms with E-state index in [0.717, 1.165) is 34.4 Å². The minimum Gasteiger partial charge on any atom is -0.443 e. The van der Waals surface area contributed by atoms with Crippen molar-refractivity contribution in [2.45, 2.75) is 52.4 Å². The lowest BCUT2D eigenvalue weighted by Gasteiger charge is -2.27. The Labute approximate surface area is 211 Å². The number of benzene rings is 1. The van der Waals surface area contributed by atoms with Crippen molar-refractivity contribution in [2.75, 3.05) is 11.5 Å². The van der Waals surface area contributed by atoms with Crippen LogP contribution in [0.2, 0.25) is 5.02 Å². The fourth-order valence-corrected chi connectivity index (χ4v) is 4.13. The van der Waals surface area contributed by atoms with Gasteiger partial charge < -0.3 is 9.47 Å². The quantitative estimate of drug-likeness (QED) is 0.364. The van der Waals surface area contributed by atoms with Gasteiger partial charge in [0.05, 0.1) is 12.2 Å². The van der Waals surface area contributed by atoms with Gasteiger partial charge in [0.1, 0.15) is 17.5 Å². The third-order valence-corrected chi connectivity index (χ3v) is 5.80. The number of pyridine rings is 2. The van der Waals surface area contributed by atoms with Crippen molar-refractivity contribution in [1.29, 1.82) is 0 Å². The van der Waals surface area contributed by atoms with E-state index < -0.39 is 11.7 Å². The van der Waals surface area contributed by atoms with E-state index >= 15 is 0 Å². The maximum atomic E-state index is 13.1. The van der Waals surface area contributed by atoms with E-state index in [9.17, 15) is 4.79 Å². The van der Waals surface area contributed by atoms with Crippen LogP contribution in [0.1, 0.15) is 56.2 Å². The molecule has 0 radical (unpaired) electrons. The van der Waals surface area contributed by atoms with Gasteiger partial charge in [-0.25, -0.2) is 9.78 Å². The molecule has 0 N–H and O–H groups in total. The number of rotatable bonds is 7. The van der Waals surface area contributed by atoms with Crippen LogP contribution in [0.3, 0.4) is 0 Å². The number of hydrogen-bond acceptors (Lipinski definition) is 5. The third kappa shape index (κ3) is 6.08. The number of amides is 1. The summed E-state index contributed by atoms with van der Waals surface area (Å²) in [5, 5.41) is 0.639. The highest BCUT2D eigenvalue weighted by atomic mass is 35.5. The molecular formula is C28H30ClN3O3. The third-order valence-electron chi connectivity index (χ3n) is 5.55. The Bertz CT molecular complexity index is 1200. The van der Waals surface area contributed by atoms with E-state index in [1.54, 1.807) is 18.3 Å². The molecule has 1 amide bonds. The molecule has 2 heterocycles. The molecule has 35 heavy (non-hydrogen) atoms. The van der Waals surface area contributed by atoms with Crippen molar-refractivity contribution in [3.8, 4) is 0 Å². The van der Waals surface area contributed by atoms with Crippen molar-refractivity contribution in [3.63, 3.8) is 0 Å². The average Bonchev–Trinajstić information content (AvgIpc) is 3.25. The fourth-order valence-electron chi connectivity index (χ4n) is 4.00. The summed E-state index contributed by atoms with van der Waals surface area (Å²) in [4.78, 5) is 23.8. The van der Waals surface area contributed by atoms with Crippen LogP contribution in [0.25, 0.3) is 5.57 Å². The molecule has 0 saturated heterocycles. The highest BCUT2D eigenvalue weighted by molar-refractivity contribution is 6.30. The largest absolute Gasteiger partial charge is 0.443 e. The van der Waals surface area contributed by atoms with E-state index in [4.69, 9.17) is 21.1 Å². The standard InChI is InChI=1S/C28H30ClN3O3/c1-5-34-26(23-13-14-24-22(23)7-6-16-30-24)20-10-15-25(31-17-20)32(27(33)35-28(2,3)4)18-19-8-11-21(29)12-9-19/h6-13,15-17,26H,5,14,18H2,1-4H3. The Hall–Kier alpha value is -3.22. The van der Waals surface area contributed by atoms with E-state index in [2.05, 4.69) is 22.1 Å². The molecular weight excluding hydrogens is 462 g/mol. The number of anilines is 1. The average molecular weight is 492 g/mol. The van der Waals surface area contributed by atoms with Crippen LogP contribution in [0.4, 0.5) is 10.6 Å². The summed E-state index contributed by atoms with van der Waals surface area (Å²) in [5.74, 6) is 0.496. The van der Waals surface area contributed by atoms with Gasteiger partial charge in [0.25, 0.3) is 0 Å². The Morgan fingerprint density at radius 2 is 1.89 bits per heavy atom. The molecule has 3 aromatic rings. The van der Waals surface area contributed by atoms with Crippen LogP contribution >= 0.6 is 11.6 Å². The van der Waals surface area contributed by atoms with E-state index in [0.29, 0.717) is 24.0 Å². The second kappa shape index (κ2) is 10.6. The number of carbonyl (C=O) groups excluding carboxylic acids is 1. The molecule has 4 rings (SSSR count). The number of fused-ring (bicyclic) bond motifs is 1. The molecule has 1 aliphatic carbocycles. The van der Waals surface area contributed by atoms with Gasteiger partial charge in [-0.15, -0.1) is 0 Å².